The van der Waals surface area contributed by atoms with Crippen LogP contribution in [0.25, 0.3) is 11.1 Å². The van der Waals surface area contributed by atoms with Crippen LogP contribution in [-0.4, -0.2) is 55.1 Å². The molecule has 1 aromatic heterocycles. The van der Waals surface area contributed by atoms with E-state index in [-0.39, 0.29) is 24.4 Å². The predicted molar refractivity (Wildman–Crippen MR) is 111 cm³/mol. The van der Waals surface area contributed by atoms with Crippen LogP contribution in [0.5, 0.6) is 0 Å². The van der Waals surface area contributed by atoms with E-state index in [0.717, 1.165) is 11.8 Å². The molecule has 10 heteroatoms. The standard InChI is InChI=1S/C22H23FN4O5/c1-22(13-28,21(30)31)11-16(24-20(29)19-12-27(32)26-25-19)10-14-6-8-15(9-7-14)17-4-2-3-5-18(17)23/h2-9,12,16,28,32H,10-11,13H2,1H3,(H,24,29)(H,30,31). The van der Waals surface area contributed by atoms with E-state index in [1.165, 1.54) is 13.0 Å². The number of carbonyl (C=O) groups is 2. The molecule has 32 heavy (non-hydrogen) atoms. The summed E-state index contributed by atoms with van der Waals surface area (Å²) in [5, 5.41) is 37.9. The summed E-state index contributed by atoms with van der Waals surface area (Å²) in [6.07, 6.45) is 1.20. The average Bonchev–Trinajstić information content (AvgIpc) is 3.21. The third-order valence-electron chi connectivity index (χ3n) is 5.23. The first kappa shape index (κ1) is 22.9. The van der Waals surface area contributed by atoms with Crippen LogP contribution in [0, 0.1) is 11.2 Å². The smallest absolute Gasteiger partial charge is 0.311 e. The zero-order valence-electron chi connectivity index (χ0n) is 17.3. The Morgan fingerprint density at radius 1 is 1.19 bits per heavy atom. The van der Waals surface area contributed by atoms with Crippen molar-refractivity contribution in [1.29, 1.82) is 0 Å². The molecule has 0 saturated heterocycles. The van der Waals surface area contributed by atoms with Crippen molar-refractivity contribution in [3.8, 4) is 11.1 Å². The van der Waals surface area contributed by atoms with Crippen molar-refractivity contribution in [2.75, 3.05) is 6.61 Å². The Balaban J connectivity index is 1.82. The SMILES string of the molecule is CC(CO)(CC(Cc1ccc(-c2ccccc2F)cc1)NC(=O)c1cn(O)nn1)C(=O)O. The Morgan fingerprint density at radius 3 is 2.44 bits per heavy atom. The van der Waals surface area contributed by atoms with Gasteiger partial charge in [0.05, 0.1) is 18.2 Å². The lowest BCUT2D eigenvalue weighted by Gasteiger charge is -2.28. The van der Waals surface area contributed by atoms with Crippen LogP contribution in [0.15, 0.2) is 54.7 Å². The molecule has 0 aliphatic heterocycles. The van der Waals surface area contributed by atoms with Crippen LogP contribution < -0.4 is 5.32 Å². The number of nitrogens with one attached hydrogen (secondary N) is 1. The number of rotatable bonds is 9. The number of carboxylic acids is 1. The summed E-state index contributed by atoms with van der Waals surface area (Å²) in [7, 11) is 0. The van der Waals surface area contributed by atoms with E-state index in [0.29, 0.717) is 16.0 Å². The fourth-order valence-electron chi connectivity index (χ4n) is 3.36. The first-order valence-corrected chi connectivity index (χ1v) is 9.82. The van der Waals surface area contributed by atoms with Crippen LogP contribution in [0.4, 0.5) is 4.39 Å². The molecule has 3 aromatic rings. The Kier molecular flexibility index (Phi) is 6.84. The third-order valence-corrected chi connectivity index (χ3v) is 5.23. The number of aliphatic carboxylic acids is 1. The highest BCUT2D eigenvalue weighted by molar-refractivity contribution is 5.92. The number of aliphatic hydroxyl groups excluding tert-OH is 1. The van der Waals surface area contributed by atoms with Gasteiger partial charge in [0.2, 0.25) is 0 Å². The van der Waals surface area contributed by atoms with Crippen molar-refractivity contribution in [1.82, 2.24) is 20.5 Å². The number of aliphatic hydroxyl groups is 1. The van der Waals surface area contributed by atoms with Crippen molar-refractivity contribution in [2.24, 2.45) is 5.41 Å². The zero-order valence-corrected chi connectivity index (χ0v) is 17.3. The summed E-state index contributed by atoms with van der Waals surface area (Å²) in [5.74, 6) is -2.19. The largest absolute Gasteiger partial charge is 0.481 e. The van der Waals surface area contributed by atoms with E-state index in [2.05, 4.69) is 15.6 Å². The van der Waals surface area contributed by atoms with Crippen molar-refractivity contribution in [2.45, 2.75) is 25.8 Å². The fraction of sp³-hybridized carbons (Fsp3) is 0.273. The molecular formula is C22H23FN4O5. The van der Waals surface area contributed by atoms with Gasteiger partial charge in [-0.05, 0) is 42.2 Å². The summed E-state index contributed by atoms with van der Waals surface area (Å²) in [4.78, 5) is 24.5. The molecule has 2 unspecified atom stereocenters. The van der Waals surface area contributed by atoms with Crippen molar-refractivity contribution in [3.63, 3.8) is 0 Å². The minimum Gasteiger partial charge on any atom is -0.481 e. The number of aromatic nitrogens is 3. The minimum absolute atomic E-state index is 0.0626. The highest BCUT2D eigenvalue weighted by Gasteiger charge is 2.36. The topological polar surface area (TPSA) is 138 Å². The molecule has 168 valence electrons. The second kappa shape index (κ2) is 9.56. The molecule has 1 heterocycles. The number of hydrogen-bond acceptors (Lipinski definition) is 6. The fourth-order valence-corrected chi connectivity index (χ4v) is 3.36. The van der Waals surface area contributed by atoms with Crippen molar-refractivity contribution < 1.29 is 29.4 Å². The van der Waals surface area contributed by atoms with Gasteiger partial charge in [-0.15, -0.1) is 5.10 Å². The monoisotopic (exact) mass is 442 g/mol. The Morgan fingerprint density at radius 2 is 1.88 bits per heavy atom. The van der Waals surface area contributed by atoms with Gasteiger partial charge in [0.25, 0.3) is 5.91 Å². The number of nitrogens with zero attached hydrogens (tertiary/aromatic N) is 3. The van der Waals surface area contributed by atoms with Gasteiger partial charge >= 0.3 is 5.97 Å². The summed E-state index contributed by atoms with van der Waals surface area (Å²) in [5.41, 5.74) is 0.271. The Hall–Kier alpha value is -3.79. The quantitative estimate of drug-likeness (QED) is 0.373. The van der Waals surface area contributed by atoms with Gasteiger partial charge in [-0.25, -0.2) is 4.39 Å². The van der Waals surface area contributed by atoms with Gasteiger partial charge in [0.1, 0.15) is 5.82 Å². The Bertz CT molecular complexity index is 1100. The molecule has 1 amide bonds. The van der Waals surface area contributed by atoms with E-state index in [9.17, 15) is 29.4 Å². The van der Waals surface area contributed by atoms with Crippen LogP contribution in [0.2, 0.25) is 0 Å². The molecule has 2 atom stereocenters. The summed E-state index contributed by atoms with van der Waals surface area (Å²) in [6.45, 7) is 0.771. The number of benzene rings is 2. The molecule has 0 spiro atoms. The van der Waals surface area contributed by atoms with E-state index in [4.69, 9.17) is 0 Å². The lowest BCUT2D eigenvalue weighted by atomic mass is 9.82. The van der Waals surface area contributed by atoms with E-state index < -0.39 is 29.9 Å². The maximum absolute atomic E-state index is 14.0. The molecule has 0 bridgehead atoms. The van der Waals surface area contributed by atoms with E-state index in [1.54, 1.807) is 42.5 Å². The van der Waals surface area contributed by atoms with Gasteiger partial charge in [-0.3, -0.25) is 9.59 Å². The van der Waals surface area contributed by atoms with Crippen LogP contribution in [0.3, 0.4) is 0 Å². The number of carboxylic acid groups (broad SMARTS) is 1. The maximum atomic E-state index is 14.0. The lowest BCUT2D eigenvalue weighted by Crippen LogP contribution is -2.44. The lowest BCUT2D eigenvalue weighted by molar-refractivity contribution is -0.151. The highest BCUT2D eigenvalue weighted by atomic mass is 19.1. The first-order valence-electron chi connectivity index (χ1n) is 9.82. The molecule has 4 N–H and O–H groups in total. The van der Waals surface area contributed by atoms with Crippen LogP contribution in [0.1, 0.15) is 29.4 Å². The molecular weight excluding hydrogens is 419 g/mol. The Labute approximate surface area is 183 Å². The molecule has 0 aliphatic carbocycles. The summed E-state index contributed by atoms with van der Waals surface area (Å²) < 4.78 is 14.0. The van der Waals surface area contributed by atoms with Gasteiger partial charge in [-0.2, -0.15) is 0 Å². The summed E-state index contributed by atoms with van der Waals surface area (Å²) >= 11 is 0. The number of hydrogen-bond donors (Lipinski definition) is 4. The van der Waals surface area contributed by atoms with Gasteiger partial charge < -0.3 is 20.7 Å². The molecule has 0 radical (unpaired) electrons. The maximum Gasteiger partial charge on any atom is 0.311 e. The number of halogens is 1. The summed E-state index contributed by atoms with van der Waals surface area (Å²) in [6, 6.07) is 12.7. The zero-order chi connectivity index (χ0) is 23.3. The molecule has 2 aromatic carbocycles. The third kappa shape index (κ3) is 5.27. The molecule has 0 fully saturated rings. The number of carbonyl (C=O) groups excluding carboxylic acids is 1. The van der Waals surface area contributed by atoms with Gasteiger partial charge in [0.15, 0.2) is 5.69 Å². The van der Waals surface area contributed by atoms with Crippen molar-refractivity contribution in [3.05, 3.63) is 71.8 Å². The van der Waals surface area contributed by atoms with Crippen LogP contribution >= 0.6 is 0 Å². The molecule has 0 aliphatic rings. The highest BCUT2D eigenvalue weighted by Crippen LogP contribution is 2.26. The molecule has 9 nitrogen and oxygen atoms in total. The van der Waals surface area contributed by atoms with E-state index >= 15 is 0 Å². The van der Waals surface area contributed by atoms with Crippen molar-refractivity contribution >= 4 is 11.9 Å². The average molecular weight is 442 g/mol. The molecule has 3 rings (SSSR count). The second-order valence-electron chi connectivity index (χ2n) is 7.80. The minimum atomic E-state index is -1.49. The predicted octanol–water partition coefficient (Wildman–Crippen LogP) is 2.14. The second-order valence-corrected chi connectivity index (χ2v) is 7.80. The number of amides is 1. The van der Waals surface area contributed by atoms with Crippen LogP contribution in [-0.2, 0) is 11.2 Å². The first-order chi connectivity index (χ1) is 15.2. The van der Waals surface area contributed by atoms with Gasteiger partial charge in [0, 0.05) is 11.6 Å². The molecule has 0 saturated carbocycles. The van der Waals surface area contributed by atoms with E-state index in [1.807, 2.05) is 0 Å². The van der Waals surface area contributed by atoms with Gasteiger partial charge in [-0.1, -0.05) is 47.3 Å². The normalized spacial score (nSPS) is 13.8.